The zero-order valence-corrected chi connectivity index (χ0v) is 46.7. The minimum atomic E-state index is -1.64. The Morgan fingerprint density at radius 2 is 0.781 bits per heavy atom. The zero-order valence-electron chi connectivity index (χ0n) is 46.7. The van der Waals surface area contributed by atoms with E-state index in [9.17, 15) is 19.5 Å². The number of hydrogen-bond acceptors (Lipinski definition) is 8. The Morgan fingerprint density at radius 1 is 0.425 bits per heavy atom. The highest BCUT2D eigenvalue weighted by Gasteiger charge is 2.22. The van der Waals surface area contributed by atoms with Crippen LogP contribution in [0, 0.1) is 0 Å². The van der Waals surface area contributed by atoms with Gasteiger partial charge in [0.25, 0.3) is 0 Å². The number of allylic oxidation sites excluding steroid dienone is 22. The SMILES string of the molecule is CC/C=C\C/C=C\C/C=C\C/C=C\C/C=C\C/C=C\C/C=C\C/C=C\C/C=C\CCCCCCCC(=O)OC(COC(=O)CCCCCCC/C=C\C/C=C\CCCCC)COC(OCC[N+](C)(C)C)C(=O)[O-]. The summed E-state index contributed by atoms with van der Waals surface area (Å²) < 4.78 is 22.6. The lowest BCUT2D eigenvalue weighted by atomic mass is 10.1. The number of quaternary nitrogens is 1. The lowest BCUT2D eigenvalue weighted by Gasteiger charge is -2.26. The first-order chi connectivity index (χ1) is 35.6. The van der Waals surface area contributed by atoms with Crippen LogP contribution in [0.25, 0.3) is 0 Å². The van der Waals surface area contributed by atoms with Gasteiger partial charge in [0.1, 0.15) is 13.2 Å². The smallest absolute Gasteiger partial charge is 0.306 e. The molecule has 0 heterocycles. The fraction of sp³-hybridized carbons (Fsp3) is 0.609. The van der Waals surface area contributed by atoms with Crippen molar-refractivity contribution in [3.05, 3.63) is 134 Å². The molecule has 0 bridgehead atoms. The Kier molecular flexibility index (Phi) is 50.4. The molecular weight excluding hydrogens is 911 g/mol. The zero-order chi connectivity index (χ0) is 53.4. The Labute approximate surface area is 446 Å². The van der Waals surface area contributed by atoms with Crippen molar-refractivity contribution in [2.75, 3.05) is 47.5 Å². The molecule has 9 nitrogen and oxygen atoms in total. The van der Waals surface area contributed by atoms with Crippen LogP contribution < -0.4 is 5.11 Å². The number of carboxylic acid groups (broad SMARTS) is 1. The van der Waals surface area contributed by atoms with Crippen molar-refractivity contribution < 1.29 is 42.9 Å². The van der Waals surface area contributed by atoms with E-state index in [0.717, 1.165) is 128 Å². The fourth-order valence-corrected chi connectivity index (χ4v) is 7.03. The van der Waals surface area contributed by atoms with E-state index in [1.807, 2.05) is 21.1 Å². The highest BCUT2D eigenvalue weighted by Crippen LogP contribution is 2.13. The maximum atomic E-state index is 12.8. The van der Waals surface area contributed by atoms with Crippen LogP contribution >= 0.6 is 0 Å². The Hall–Kier alpha value is -4.57. The van der Waals surface area contributed by atoms with Crippen molar-refractivity contribution >= 4 is 17.9 Å². The number of ether oxygens (including phenoxy) is 4. The van der Waals surface area contributed by atoms with Crippen LogP contribution in [0.4, 0.5) is 0 Å². The minimum absolute atomic E-state index is 0.133. The molecule has 2 unspecified atom stereocenters. The topological polar surface area (TPSA) is 111 Å². The van der Waals surface area contributed by atoms with Gasteiger partial charge in [-0.05, 0) is 116 Å². The summed E-state index contributed by atoms with van der Waals surface area (Å²) in [5.74, 6) is -2.35. The van der Waals surface area contributed by atoms with Gasteiger partial charge < -0.3 is 33.3 Å². The molecule has 2 atom stereocenters. The van der Waals surface area contributed by atoms with Crippen LogP contribution in [-0.4, -0.2) is 82.3 Å². The number of hydrogen-bond donors (Lipinski definition) is 0. The van der Waals surface area contributed by atoms with Gasteiger partial charge in [0.2, 0.25) is 0 Å². The number of unbranched alkanes of at least 4 members (excludes halogenated alkanes) is 13. The summed E-state index contributed by atoms with van der Waals surface area (Å²) in [6.07, 6.45) is 73.5. The van der Waals surface area contributed by atoms with Crippen LogP contribution in [-0.2, 0) is 33.3 Å². The van der Waals surface area contributed by atoms with Crippen molar-refractivity contribution in [3.63, 3.8) is 0 Å². The Morgan fingerprint density at radius 3 is 1.16 bits per heavy atom. The summed E-state index contributed by atoms with van der Waals surface area (Å²) in [6, 6.07) is 0. The minimum Gasteiger partial charge on any atom is -0.545 e. The summed E-state index contributed by atoms with van der Waals surface area (Å²) in [5.41, 5.74) is 0. The number of rotatable bonds is 50. The van der Waals surface area contributed by atoms with Gasteiger partial charge in [0.05, 0.1) is 40.3 Å². The van der Waals surface area contributed by atoms with E-state index in [2.05, 4.69) is 148 Å². The van der Waals surface area contributed by atoms with Gasteiger partial charge >= 0.3 is 11.9 Å². The molecule has 0 fully saturated rings. The average Bonchev–Trinajstić information content (AvgIpc) is 3.36. The van der Waals surface area contributed by atoms with Gasteiger partial charge in [-0.25, -0.2) is 0 Å². The van der Waals surface area contributed by atoms with Gasteiger partial charge in [-0.1, -0.05) is 199 Å². The third kappa shape index (κ3) is 55.0. The van der Waals surface area contributed by atoms with Crippen LogP contribution in [0.2, 0.25) is 0 Å². The molecule has 0 N–H and O–H groups in total. The molecule has 0 aliphatic heterocycles. The van der Waals surface area contributed by atoms with E-state index in [0.29, 0.717) is 23.9 Å². The monoisotopic (exact) mass is 1010 g/mol. The van der Waals surface area contributed by atoms with Crippen LogP contribution in [0.3, 0.4) is 0 Å². The van der Waals surface area contributed by atoms with Crippen molar-refractivity contribution in [2.45, 2.75) is 206 Å². The average molecular weight is 1010 g/mol. The standard InChI is InChI=1S/C64H103NO8/c1-6-8-10-12-14-16-18-20-22-23-24-25-26-27-28-29-30-31-32-33-34-35-36-37-38-39-41-43-45-47-49-51-53-55-62(67)73-60(59-72-64(63(68)69)70-57-56-65(3,4)5)58-71-61(66)54-52-50-48-46-44-42-40-21-19-17-15-13-11-9-7-2/h8,10,14-17,20-22,24-25,27-28,30-31,33-34,36-37,39-41,60,64H,6-7,9,11-13,18-19,23,26,29,32,35,38,42-59H2,1-5H3/b10-8-,16-14-,17-15-,22-20-,25-24-,28-27-,31-30-,34-33-,37-36-,40-21-,41-39-. The molecule has 0 aromatic carbocycles. The lowest BCUT2D eigenvalue weighted by molar-refractivity contribution is -0.870. The molecule has 0 saturated heterocycles. The summed E-state index contributed by atoms with van der Waals surface area (Å²) in [6.45, 7) is 4.54. The number of aliphatic carboxylic acids is 1. The van der Waals surface area contributed by atoms with Gasteiger partial charge in [-0.15, -0.1) is 0 Å². The Bertz CT molecular complexity index is 1650. The van der Waals surface area contributed by atoms with E-state index >= 15 is 0 Å². The largest absolute Gasteiger partial charge is 0.545 e. The molecule has 0 aromatic rings. The molecule has 0 aliphatic carbocycles. The second-order valence-corrected chi connectivity index (χ2v) is 19.5. The first-order valence-electron chi connectivity index (χ1n) is 28.3. The number of esters is 2. The fourth-order valence-electron chi connectivity index (χ4n) is 7.03. The molecule has 0 aromatic heterocycles. The molecule has 0 aliphatic rings. The van der Waals surface area contributed by atoms with E-state index in [-0.39, 0.29) is 38.6 Å². The maximum absolute atomic E-state index is 12.8. The van der Waals surface area contributed by atoms with E-state index in [1.165, 1.54) is 25.7 Å². The molecule has 9 heteroatoms. The quantitative estimate of drug-likeness (QED) is 0.0195. The van der Waals surface area contributed by atoms with Gasteiger partial charge in [0, 0.05) is 12.8 Å². The molecule has 0 rings (SSSR count). The highest BCUT2D eigenvalue weighted by atomic mass is 16.7. The van der Waals surface area contributed by atoms with E-state index in [1.54, 1.807) is 0 Å². The molecule has 0 radical (unpaired) electrons. The molecule has 0 saturated carbocycles. The summed E-state index contributed by atoms with van der Waals surface area (Å²) >= 11 is 0. The predicted molar refractivity (Wildman–Crippen MR) is 306 cm³/mol. The van der Waals surface area contributed by atoms with E-state index in [4.69, 9.17) is 18.9 Å². The number of nitrogens with zero attached hydrogens (tertiary/aromatic N) is 1. The first-order valence-corrected chi connectivity index (χ1v) is 28.3. The lowest BCUT2D eigenvalue weighted by Crippen LogP contribution is -2.44. The molecule has 0 spiro atoms. The van der Waals surface area contributed by atoms with Crippen molar-refractivity contribution in [1.82, 2.24) is 0 Å². The summed E-state index contributed by atoms with van der Waals surface area (Å²) in [7, 11) is 5.89. The van der Waals surface area contributed by atoms with Gasteiger partial charge in [-0.3, -0.25) is 9.59 Å². The van der Waals surface area contributed by atoms with Crippen molar-refractivity contribution in [1.29, 1.82) is 0 Å². The summed E-state index contributed by atoms with van der Waals surface area (Å²) in [4.78, 5) is 37.2. The number of carbonyl (C=O) groups is 3. The van der Waals surface area contributed by atoms with Crippen LogP contribution in [0.1, 0.15) is 194 Å². The third-order valence-electron chi connectivity index (χ3n) is 11.4. The number of carbonyl (C=O) groups excluding carboxylic acids is 3. The Balaban J connectivity index is 4.33. The van der Waals surface area contributed by atoms with E-state index < -0.39 is 24.3 Å². The van der Waals surface area contributed by atoms with Gasteiger partial charge in [0.15, 0.2) is 12.4 Å². The second-order valence-electron chi connectivity index (χ2n) is 19.5. The van der Waals surface area contributed by atoms with Crippen molar-refractivity contribution in [3.8, 4) is 0 Å². The number of carboxylic acids is 1. The molecular formula is C64H103NO8. The second kappa shape index (κ2) is 53.7. The van der Waals surface area contributed by atoms with Crippen LogP contribution in [0.15, 0.2) is 134 Å². The summed E-state index contributed by atoms with van der Waals surface area (Å²) in [5, 5.41) is 11.8. The molecule has 73 heavy (non-hydrogen) atoms. The normalized spacial score (nSPS) is 13.8. The molecule has 412 valence electrons. The highest BCUT2D eigenvalue weighted by molar-refractivity contribution is 5.70. The third-order valence-corrected chi connectivity index (χ3v) is 11.4. The van der Waals surface area contributed by atoms with Gasteiger partial charge in [-0.2, -0.15) is 0 Å². The maximum Gasteiger partial charge on any atom is 0.306 e. The first kappa shape index (κ1) is 68.4. The van der Waals surface area contributed by atoms with Crippen LogP contribution in [0.5, 0.6) is 0 Å². The predicted octanol–water partition coefficient (Wildman–Crippen LogP) is 15.3. The van der Waals surface area contributed by atoms with Crippen molar-refractivity contribution in [2.24, 2.45) is 0 Å². The molecule has 0 amide bonds. The number of likely N-dealkylation sites (N-methyl/N-ethyl adjacent to an activating group) is 1.